The summed E-state index contributed by atoms with van der Waals surface area (Å²) in [5, 5.41) is 9.64. The van der Waals surface area contributed by atoms with Crippen LogP contribution >= 0.6 is 0 Å². The van der Waals surface area contributed by atoms with Crippen LogP contribution in [0.25, 0.3) is 0 Å². The van der Waals surface area contributed by atoms with Crippen molar-refractivity contribution in [3.63, 3.8) is 0 Å². The summed E-state index contributed by atoms with van der Waals surface area (Å²) in [7, 11) is 3.03. The van der Waals surface area contributed by atoms with Gasteiger partial charge in [0.15, 0.2) is 12.3 Å². The number of hydrogen-bond acceptors (Lipinski definition) is 5. The van der Waals surface area contributed by atoms with Gasteiger partial charge in [-0.15, -0.1) is 0 Å². The Morgan fingerprint density at radius 3 is 1.39 bits per heavy atom. The number of quaternary nitrogens is 2. The van der Waals surface area contributed by atoms with Crippen LogP contribution in [0.4, 0.5) is 0 Å². The van der Waals surface area contributed by atoms with Crippen molar-refractivity contribution in [3.05, 3.63) is 71.8 Å². The zero-order valence-corrected chi connectivity index (χ0v) is 21.2. The molecule has 164 valence electrons. The zero-order valence-electron chi connectivity index (χ0n) is 19.2. The first kappa shape index (κ1) is 21.9. The third-order valence-electron chi connectivity index (χ3n) is 5.17. The topological polar surface area (TPSA) is 52.4 Å². The first-order chi connectivity index (χ1) is 14.5. The van der Waals surface area contributed by atoms with Gasteiger partial charge in [0.2, 0.25) is 0 Å². The predicted octanol–water partition coefficient (Wildman–Crippen LogP) is 3.16. The molecule has 0 unspecified atom stereocenters. The van der Waals surface area contributed by atoms with E-state index in [4.69, 9.17) is 23.2 Å². The number of benzene rings is 2. The minimum absolute atomic E-state index is 0.468. The fourth-order valence-corrected chi connectivity index (χ4v) is 13.2. The molecule has 0 saturated heterocycles. The normalized spacial score (nSPS) is 29.2. The van der Waals surface area contributed by atoms with Gasteiger partial charge in [-0.2, -0.15) is 9.18 Å². The molecule has 0 aromatic heterocycles. The van der Waals surface area contributed by atoms with Crippen LogP contribution in [-0.2, 0) is 13.0 Å². The van der Waals surface area contributed by atoms with Crippen molar-refractivity contribution >= 4 is 28.9 Å². The predicted molar refractivity (Wildman–Crippen MR) is 126 cm³/mol. The van der Waals surface area contributed by atoms with E-state index in [0.717, 1.165) is 11.1 Å². The fraction of sp³-hybridized carbons (Fsp3) is 0.364. The molecule has 0 radical (unpaired) electrons. The van der Waals surface area contributed by atoms with Gasteiger partial charge in [-0.3, -0.25) is 0 Å². The Morgan fingerprint density at radius 1 is 0.677 bits per heavy atom. The minimum Gasteiger partial charge on any atom is -0.499 e. The standard InChI is InChI=1S/C22H32N4O3Si2/c1-25(2)17-30(5,27-21(23-25)19-13-9-7-10-14-19)29-31(6)18-26(3,4)24-22(28-31)20-15-11-8-12-16-20/h7-16H,17-18H2,1-6H3/q+2/t30-,31+. The van der Waals surface area contributed by atoms with E-state index in [1.165, 1.54) is 0 Å². The van der Waals surface area contributed by atoms with E-state index in [-0.39, 0.29) is 0 Å². The van der Waals surface area contributed by atoms with Crippen molar-refractivity contribution in [2.75, 3.05) is 40.5 Å². The first-order valence-electron chi connectivity index (χ1n) is 10.5. The van der Waals surface area contributed by atoms with E-state index < -0.39 is 17.1 Å². The summed E-state index contributed by atoms with van der Waals surface area (Å²) in [5.74, 6) is 1.29. The smallest absolute Gasteiger partial charge is 0.448 e. The highest BCUT2D eigenvalue weighted by atomic mass is 28.5. The van der Waals surface area contributed by atoms with Crippen LogP contribution in [0.5, 0.6) is 0 Å². The van der Waals surface area contributed by atoms with Crippen LogP contribution in [0.15, 0.2) is 70.9 Å². The first-order valence-corrected chi connectivity index (χ1v) is 15.6. The van der Waals surface area contributed by atoms with Crippen molar-refractivity contribution in [2.45, 2.75) is 13.1 Å². The van der Waals surface area contributed by atoms with Crippen molar-refractivity contribution < 1.29 is 22.2 Å². The summed E-state index contributed by atoms with van der Waals surface area (Å²) >= 11 is 0. The van der Waals surface area contributed by atoms with Crippen molar-refractivity contribution in [2.24, 2.45) is 10.2 Å². The molecule has 0 saturated carbocycles. The highest BCUT2D eigenvalue weighted by Gasteiger charge is 2.57. The molecule has 9 heteroatoms. The number of hydrogen-bond donors (Lipinski definition) is 0. The maximum absolute atomic E-state index is 6.92. The largest absolute Gasteiger partial charge is 0.499 e. The highest BCUT2D eigenvalue weighted by molar-refractivity contribution is 6.81. The Labute approximate surface area is 186 Å². The molecule has 0 aliphatic carbocycles. The lowest BCUT2D eigenvalue weighted by Gasteiger charge is -2.44. The third-order valence-corrected chi connectivity index (χ3v) is 12.6. The number of nitrogens with zero attached hydrogens (tertiary/aromatic N) is 4. The summed E-state index contributed by atoms with van der Waals surface area (Å²) < 4.78 is 20.9. The maximum Gasteiger partial charge on any atom is 0.448 e. The van der Waals surface area contributed by atoms with Crippen LogP contribution in [0.2, 0.25) is 13.1 Å². The second-order valence-electron chi connectivity index (χ2n) is 9.67. The number of rotatable bonds is 4. The van der Waals surface area contributed by atoms with Crippen molar-refractivity contribution in [1.82, 2.24) is 0 Å². The lowest BCUT2D eigenvalue weighted by atomic mass is 10.2. The highest BCUT2D eigenvalue weighted by Crippen LogP contribution is 2.30. The summed E-state index contributed by atoms with van der Waals surface area (Å²) in [6.07, 6.45) is 1.42. The van der Waals surface area contributed by atoms with Gasteiger partial charge < -0.3 is 13.0 Å². The molecule has 0 spiro atoms. The molecular weight excluding hydrogens is 424 g/mol. The van der Waals surface area contributed by atoms with E-state index in [2.05, 4.69) is 41.3 Å². The van der Waals surface area contributed by atoms with E-state index in [1.54, 1.807) is 0 Å². The molecule has 2 aliphatic heterocycles. The molecule has 7 nitrogen and oxygen atoms in total. The van der Waals surface area contributed by atoms with Gasteiger partial charge in [0.1, 0.15) is 0 Å². The molecule has 2 aliphatic rings. The van der Waals surface area contributed by atoms with Gasteiger partial charge in [0.05, 0.1) is 28.2 Å². The van der Waals surface area contributed by atoms with Gasteiger partial charge in [-0.05, 0) is 47.6 Å². The van der Waals surface area contributed by atoms with Crippen LogP contribution in [0, 0.1) is 0 Å². The fourth-order valence-electron chi connectivity index (χ4n) is 4.44. The SMILES string of the molecule is C[N+]1(C)C[Si@](C)(O[Si@]2(C)C[N+](C)(C)N=C(c3ccccc3)O2)OC(c2ccccc2)=N1. The van der Waals surface area contributed by atoms with E-state index in [9.17, 15) is 0 Å². The van der Waals surface area contributed by atoms with Crippen molar-refractivity contribution in [1.29, 1.82) is 0 Å². The summed E-state index contributed by atoms with van der Waals surface area (Å²) in [6, 6.07) is 20.1. The van der Waals surface area contributed by atoms with Crippen LogP contribution in [0.1, 0.15) is 11.1 Å². The Kier molecular flexibility index (Phi) is 5.43. The monoisotopic (exact) mass is 456 g/mol. The van der Waals surface area contributed by atoms with Crippen LogP contribution in [-0.4, -0.2) is 78.6 Å². The molecule has 31 heavy (non-hydrogen) atoms. The quantitative estimate of drug-likeness (QED) is 0.525. The average molecular weight is 457 g/mol. The third kappa shape index (κ3) is 5.13. The van der Waals surface area contributed by atoms with Gasteiger partial charge >= 0.3 is 17.1 Å². The van der Waals surface area contributed by atoms with E-state index >= 15 is 0 Å². The molecule has 0 bridgehead atoms. The lowest BCUT2D eigenvalue weighted by Crippen LogP contribution is -2.68. The Bertz CT molecular complexity index is 932. The second-order valence-corrected chi connectivity index (χ2v) is 16.1. The molecule has 0 N–H and O–H groups in total. The molecule has 2 atom stereocenters. The van der Waals surface area contributed by atoms with Crippen LogP contribution < -0.4 is 0 Å². The Balaban J connectivity index is 1.63. The molecule has 4 rings (SSSR count). The van der Waals surface area contributed by atoms with Gasteiger partial charge in [0, 0.05) is 11.1 Å². The average Bonchev–Trinajstić information content (AvgIpc) is 2.65. The Morgan fingerprint density at radius 2 is 1.03 bits per heavy atom. The second kappa shape index (κ2) is 7.68. The molecule has 0 fully saturated rings. The van der Waals surface area contributed by atoms with E-state index in [0.29, 0.717) is 33.3 Å². The maximum atomic E-state index is 6.92. The molecule has 2 heterocycles. The van der Waals surface area contributed by atoms with Crippen LogP contribution in [0.3, 0.4) is 0 Å². The Hall–Kier alpha value is -2.31. The molecule has 0 amide bonds. The summed E-state index contributed by atoms with van der Waals surface area (Å²) in [5.41, 5.74) is 1.93. The minimum atomic E-state index is -2.66. The molecule has 2 aromatic rings. The summed E-state index contributed by atoms with van der Waals surface area (Å²) in [4.78, 5) is 0. The molecule has 2 aromatic carbocycles. The zero-order chi connectivity index (χ0) is 22.3. The summed E-state index contributed by atoms with van der Waals surface area (Å²) in [6.45, 7) is 4.25. The van der Waals surface area contributed by atoms with Gasteiger partial charge in [-0.1, -0.05) is 36.4 Å². The van der Waals surface area contributed by atoms with Gasteiger partial charge in [0.25, 0.3) is 11.8 Å². The van der Waals surface area contributed by atoms with Crippen molar-refractivity contribution in [3.8, 4) is 0 Å². The van der Waals surface area contributed by atoms with E-state index in [1.807, 2.05) is 60.7 Å². The molecular formula is C22H32N4O3Si2+2. The lowest BCUT2D eigenvalue weighted by molar-refractivity contribution is -0.891. The van der Waals surface area contributed by atoms with Gasteiger partial charge in [-0.25, -0.2) is 0 Å².